The van der Waals surface area contributed by atoms with E-state index in [2.05, 4.69) is 11.8 Å². The van der Waals surface area contributed by atoms with E-state index in [0.717, 1.165) is 25.1 Å². The molecule has 0 bridgehead atoms. The van der Waals surface area contributed by atoms with E-state index in [9.17, 15) is 4.79 Å². The van der Waals surface area contributed by atoms with Crippen molar-refractivity contribution in [2.75, 3.05) is 13.7 Å². The van der Waals surface area contributed by atoms with Crippen molar-refractivity contribution in [3.05, 3.63) is 30.3 Å². The Hall–Kier alpha value is -1.55. The van der Waals surface area contributed by atoms with Crippen molar-refractivity contribution < 1.29 is 14.3 Å². The Labute approximate surface area is 127 Å². The summed E-state index contributed by atoms with van der Waals surface area (Å²) in [5, 5.41) is 0. The van der Waals surface area contributed by atoms with E-state index < -0.39 is 5.54 Å². The van der Waals surface area contributed by atoms with Gasteiger partial charge in [-0.05, 0) is 38.3 Å². The summed E-state index contributed by atoms with van der Waals surface area (Å²) in [5.74, 6) is 1.20. The van der Waals surface area contributed by atoms with Crippen LogP contribution in [0.2, 0.25) is 0 Å². The molecule has 2 atom stereocenters. The van der Waals surface area contributed by atoms with Crippen LogP contribution < -0.4 is 4.74 Å². The second-order valence-electron chi connectivity index (χ2n) is 6.26. The molecule has 0 N–H and O–H groups in total. The molecular weight excluding hydrogens is 266 g/mol. The molecule has 4 nitrogen and oxygen atoms in total. The smallest absolute Gasteiger partial charge is 0.325 e. The largest absolute Gasteiger partial charge is 0.475 e. The highest BCUT2D eigenvalue weighted by molar-refractivity contribution is 5.79. The van der Waals surface area contributed by atoms with Crippen LogP contribution in [0.1, 0.15) is 33.6 Å². The Morgan fingerprint density at radius 1 is 1.29 bits per heavy atom. The van der Waals surface area contributed by atoms with Gasteiger partial charge < -0.3 is 9.47 Å². The van der Waals surface area contributed by atoms with Gasteiger partial charge in [0.15, 0.2) is 6.23 Å². The highest BCUT2D eigenvalue weighted by Crippen LogP contribution is 2.31. The molecule has 1 aliphatic rings. The van der Waals surface area contributed by atoms with Crippen LogP contribution in [-0.2, 0) is 9.53 Å². The number of hydrogen-bond donors (Lipinski definition) is 0. The highest BCUT2D eigenvalue weighted by atomic mass is 16.5. The number of carbonyl (C=O) groups excluding carboxylic acids is 1. The Morgan fingerprint density at radius 3 is 2.57 bits per heavy atom. The minimum absolute atomic E-state index is 0.106. The van der Waals surface area contributed by atoms with E-state index in [1.165, 1.54) is 7.11 Å². The van der Waals surface area contributed by atoms with Crippen LogP contribution in [0.3, 0.4) is 0 Å². The predicted octanol–water partition coefficient (Wildman–Crippen LogP) is 3.08. The number of esters is 1. The van der Waals surface area contributed by atoms with E-state index >= 15 is 0 Å². The number of rotatable bonds is 4. The van der Waals surface area contributed by atoms with Gasteiger partial charge in [-0.15, -0.1) is 0 Å². The van der Waals surface area contributed by atoms with Crippen LogP contribution in [0.4, 0.5) is 0 Å². The Morgan fingerprint density at radius 2 is 1.95 bits per heavy atom. The Kier molecular flexibility index (Phi) is 4.88. The van der Waals surface area contributed by atoms with Gasteiger partial charge in [0, 0.05) is 13.0 Å². The second kappa shape index (κ2) is 6.48. The summed E-state index contributed by atoms with van der Waals surface area (Å²) in [6.07, 6.45) is 1.87. The van der Waals surface area contributed by atoms with Gasteiger partial charge >= 0.3 is 5.97 Å². The first-order valence-electron chi connectivity index (χ1n) is 7.52. The molecule has 21 heavy (non-hydrogen) atoms. The topological polar surface area (TPSA) is 38.8 Å². The van der Waals surface area contributed by atoms with Gasteiger partial charge in [0.2, 0.25) is 0 Å². The van der Waals surface area contributed by atoms with E-state index in [0.29, 0.717) is 5.92 Å². The number of piperidine rings is 1. The fraction of sp³-hybridized carbons (Fsp3) is 0.588. The minimum Gasteiger partial charge on any atom is -0.475 e. The zero-order chi connectivity index (χ0) is 15.5. The maximum Gasteiger partial charge on any atom is 0.325 e. The van der Waals surface area contributed by atoms with Crippen molar-refractivity contribution in [2.45, 2.75) is 45.4 Å². The number of nitrogens with zero attached hydrogens (tertiary/aromatic N) is 1. The average Bonchev–Trinajstić information content (AvgIpc) is 2.47. The van der Waals surface area contributed by atoms with E-state index in [1.807, 2.05) is 44.2 Å². The maximum atomic E-state index is 12.1. The molecule has 0 spiro atoms. The molecule has 0 aromatic heterocycles. The van der Waals surface area contributed by atoms with Crippen molar-refractivity contribution in [2.24, 2.45) is 5.92 Å². The van der Waals surface area contributed by atoms with E-state index in [-0.39, 0.29) is 12.2 Å². The van der Waals surface area contributed by atoms with Crippen LogP contribution in [0.25, 0.3) is 0 Å². The van der Waals surface area contributed by atoms with Gasteiger partial charge in [0.1, 0.15) is 11.3 Å². The standard InChI is InChI=1S/C17H25NO3/c1-13-10-11-18(17(2,3)16(19)20-4)15(12-13)21-14-8-6-5-7-9-14/h5-9,13,15H,10-12H2,1-4H3. The van der Waals surface area contributed by atoms with Crippen molar-refractivity contribution in [3.8, 4) is 5.75 Å². The molecule has 1 heterocycles. The van der Waals surface area contributed by atoms with Crippen LogP contribution in [0.5, 0.6) is 5.75 Å². The lowest BCUT2D eigenvalue weighted by Gasteiger charge is -2.45. The molecule has 2 unspecified atom stereocenters. The summed E-state index contributed by atoms with van der Waals surface area (Å²) in [7, 11) is 1.43. The summed E-state index contributed by atoms with van der Waals surface area (Å²) in [6, 6.07) is 9.77. The normalized spacial score (nSPS) is 23.6. The van der Waals surface area contributed by atoms with E-state index in [1.54, 1.807) is 0 Å². The van der Waals surface area contributed by atoms with Crippen LogP contribution in [0, 0.1) is 5.92 Å². The van der Waals surface area contributed by atoms with E-state index in [4.69, 9.17) is 9.47 Å². The maximum absolute atomic E-state index is 12.1. The quantitative estimate of drug-likeness (QED) is 0.799. The first kappa shape index (κ1) is 15.8. The molecule has 1 saturated heterocycles. The van der Waals surface area contributed by atoms with Crippen molar-refractivity contribution in [3.63, 3.8) is 0 Å². The average molecular weight is 291 g/mol. The zero-order valence-electron chi connectivity index (χ0n) is 13.3. The number of likely N-dealkylation sites (tertiary alicyclic amines) is 1. The SMILES string of the molecule is COC(=O)C(C)(C)N1CCC(C)CC1Oc1ccccc1. The summed E-state index contributed by atoms with van der Waals surface area (Å²) in [6.45, 7) is 6.86. The molecule has 0 aliphatic carbocycles. The number of benzene rings is 1. The number of carbonyl (C=O) groups is 1. The molecule has 4 heteroatoms. The van der Waals surface area contributed by atoms with Crippen molar-refractivity contribution >= 4 is 5.97 Å². The third-order valence-electron chi connectivity index (χ3n) is 4.23. The Balaban J connectivity index is 2.19. The lowest BCUT2D eigenvalue weighted by Crippen LogP contribution is -2.59. The zero-order valence-corrected chi connectivity index (χ0v) is 13.3. The predicted molar refractivity (Wildman–Crippen MR) is 82.1 cm³/mol. The third-order valence-corrected chi connectivity index (χ3v) is 4.23. The number of para-hydroxylation sites is 1. The fourth-order valence-corrected chi connectivity index (χ4v) is 2.87. The van der Waals surface area contributed by atoms with Gasteiger partial charge in [-0.2, -0.15) is 0 Å². The molecule has 0 radical (unpaired) electrons. The van der Waals surface area contributed by atoms with Gasteiger partial charge in [0.25, 0.3) is 0 Å². The molecular formula is C17H25NO3. The monoisotopic (exact) mass is 291 g/mol. The minimum atomic E-state index is -0.686. The number of ether oxygens (including phenoxy) is 2. The fourth-order valence-electron chi connectivity index (χ4n) is 2.87. The molecule has 1 aromatic rings. The molecule has 1 aliphatic heterocycles. The van der Waals surface area contributed by atoms with Gasteiger partial charge in [0.05, 0.1) is 7.11 Å². The van der Waals surface area contributed by atoms with Gasteiger partial charge in [-0.25, -0.2) is 0 Å². The molecule has 116 valence electrons. The number of hydrogen-bond acceptors (Lipinski definition) is 4. The number of methoxy groups -OCH3 is 1. The first-order valence-corrected chi connectivity index (χ1v) is 7.52. The summed E-state index contributed by atoms with van der Waals surface area (Å²) in [4.78, 5) is 14.2. The lowest BCUT2D eigenvalue weighted by molar-refractivity contribution is -0.163. The van der Waals surface area contributed by atoms with Crippen LogP contribution >= 0.6 is 0 Å². The Bertz CT molecular complexity index is 472. The third kappa shape index (κ3) is 3.56. The first-order chi connectivity index (χ1) is 9.95. The van der Waals surface area contributed by atoms with Crippen LogP contribution in [0.15, 0.2) is 30.3 Å². The highest BCUT2D eigenvalue weighted by Gasteiger charge is 2.43. The van der Waals surface area contributed by atoms with Crippen molar-refractivity contribution in [1.82, 2.24) is 4.90 Å². The van der Waals surface area contributed by atoms with Crippen LogP contribution in [-0.4, -0.2) is 36.3 Å². The molecule has 2 rings (SSSR count). The lowest BCUT2D eigenvalue weighted by atomic mass is 9.92. The molecule has 0 amide bonds. The second-order valence-corrected chi connectivity index (χ2v) is 6.26. The van der Waals surface area contributed by atoms with Crippen molar-refractivity contribution in [1.29, 1.82) is 0 Å². The summed E-state index contributed by atoms with van der Waals surface area (Å²) >= 11 is 0. The summed E-state index contributed by atoms with van der Waals surface area (Å²) < 4.78 is 11.1. The van der Waals surface area contributed by atoms with Gasteiger partial charge in [-0.3, -0.25) is 9.69 Å². The molecule has 1 fully saturated rings. The molecule has 0 saturated carbocycles. The van der Waals surface area contributed by atoms with Gasteiger partial charge in [-0.1, -0.05) is 25.1 Å². The summed E-state index contributed by atoms with van der Waals surface area (Å²) in [5.41, 5.74) is -0.686. The molecule has 1 aromatic carbocycles.